The molecule has 2 aliphatic carbocycles. The summed E-state index contributed by atoms with van der Waals surface area (Å²) < 4.78 is 0. The second-order valence-corrected chi connectivity index (χ2v) is 8.31. The van der Waals surface area contributed by atoms with E-state index in [4.69, 9.17) is 0 Å². The zero-order chi connectivity index (χ0) is 16.8. The smallest absolute Gasteiger partial charge is 0.319 e. The highest BCUT2D eigenvalue weighted by molar-refractivity contribution is 7.99. The van der Waals surface area contributed by atoms with Crippen LogP contribution in [0.5, 0.6) is 0 Å². The standard InChI is InChI=1S/C19H28N2O2S/c22-17-10-8-15(9-11-17)20-19(23)21-16-5-3-4-14(12-16)13-24-18-6-1-2-7-18/h3-5,12,15,17-18,22H,1-2,6-11,13H2,(H2,20,21,23). The fourth-order valence-electron chi connectivity index (χ4n) is 3.58. The van der Waals surface area contributed by atoms with Crippen LogP contribution < -0.4 is 10.6 Å². The molecule has 1 aromatic carbocycles. The van der Waals surface area contributed by atoms with E-state index >= 15 is 0 Å². The van der Waals surface area contributed by atoms with Crippen LogP contribution in [-0.2, 0) is 5.75 Å². The average molecular weight is 349 g/mol. The number of hydrogen-bond acceptors (Lipinski definition) is 3. The van der Waals surface area contributed by atoms with Gasteiger partial charge in [-0.25, -0.2) is 4.79 Å². The number of aliphatic hydroxyl groups excluding tert-OH is 1. The van der Waals surface area contributed by atoms with Crippen molar-refractivity contribution in [3.8, 4) is 0 Å². The van der Waals surface area contributed by atoms with Crippen LogP contribution in [-0.4, -0.2) is 28.5 Å². The molecule has 0 atom stereocenters. The van der Waals surface area contributed by atoms with Gasteiger partial charge in [-0.2, -0.15) is 11.8 Å². The Morgan fingerprint density at radius 2 is 1.88 bits per heavy atom. The van der Waals surface area contributed by atoms with Crippen LogP contribution in [0.25, 0.3) is 0 Å². The van der Waals surface area contributed by atoms with Crippen LogP contribution in [0.1, 0.15) is 56.9 Å². The van der Waals surface area contributed by atoms with Crippen LogP contribution in [0.4, 0.5) is 10.5 Å². The van der Waals surface area contributed by atoms with Crippen molar-refractivity contribution in [2.24, 2.45) is 0 Å². The SMILES string of the molecule is O=C(Nc1cccc(CSC2CCCC2)c1)NC1CCC(O)CC1. The number of hydrogen-bond donors (Lipinski definition) is 3. The van der Waals surface area contributed by atoms with Gasteiger partial charge < -0.3 is 15.7 Å². The summed E-state index contributed by atoms with van der Waals surface area (Å²) >= 11 is 2.04. The molecular weight excluding hydrogens is 320 g/mol. The highest BCUT2D eigenvalue weighted by atomic mass is 32.2. The summed E-state index contributed by atoms with van der Waals surface area (Å²) in [7, 11) is 0. The number of nitrogens with one attached hydrogen (secondary N) is 2. The lowest BCUT2D eigenvalue weighted by Gasteiger charge is -2.26. The Morgan fingerprint density at radius 3 is 2.62 bits per heavy atom. The zero-order valence-electron chi connectivity index (χ0n) is 14.2. The number of carbonyl (C=O) groups excluding carboxylic acids is 1. The molecule has 0 bridgehead atoms. The van der Waals surface area contributed by atoms with E-state index in [1.807, 2.05) is 23.9 Å². The van der Waals surface area contributed by atoms with E-state index in [1.54, 1.807) is 0 Å². The molecule has 2 fully saturated rings. The minimum absolute atomic E-state index is 0.142. The van der Waals surface area contributed by atoms with Gasteiger partial charge in [-0.15, -0.1) is 0 Å². The Labute approximate surface area is 148 Å². The number of aliphatic hydroxyl groups is 1. The molecule has 0 aromatic heterocycles. The third-order valence-corrected chi connectivity index (χ3v) is 6.45. The van der Waals surface area contributed by atoms with Gasteiger partial charge in [0.1, 0.15) is 0 Å². The molecule has 5 heteroatoms. The first kappa shape index (κ1) is 17.6. The molecule has 0 radical (unpaired) electrons. The molecular formula is C19H28N2O2S. The molecule has 24 heavy (non-hydrogen) atoms. The number of carbonyl (C=O) groups is 1. The lowest BCUT2D eigenvalue weighted by Crippen LogP contribution is -2.40. The fraction of sp³-hybridized carbons (Fsp3) is 0.632. The summed E-state index contributed by atoms with van der Waals surface area (Å²) in [6, 6.07) is 8.19. The van der Waals surface area contributed by atoms with Gasteiger partial charge in [0.05, 0.1) is 6.10 Å². The molecule has 0 aliphatic heterocycles. The lowest BCUT2D eigenvalue weighted by molar-refractivity contribution is 0.118. The number of rotatable bonds is 5. The Hall–Kier alpha value is -1.20. The van der Waals surface area contributed by atoms with Gasteiger partial charge in [-0.1, -0.05) is 25.0 Å². The highest BCUT2D eigenvalue weighted by Crippen LogP contribution is 2.31. The topological polar surface area (TPSA) is 61.4 Å². The fourth-order valence-corrected chi connectivity index (χ4v) is 4.86. The number of amides is 2. The normalized spacial score (nSPS) is 24.7. The maximum atomic E-state index is 12.2. The van der Waals surface area contributed by atoms with E-state index in [9.17, 15) is 9.90 Å². The maximum absolute atomic E-state index is 12.2. The number of benzene rings is 1. The number of urea groups is 1. The van der Waals surface area contributed by atoms with Gasteiger partial charge in [0, 0.05) is 22.7 Å². The quantitative estimate of drug-likeness (QED) is 0.744. The van der Waals surface area contributed by atoms with Crippen molar-refractivity contribution >= 4 is 23.5 Å². The van der Waals surface area contributed by atoms with Crippen LogP contribution in [0.15, 0.2) is 24.3 Å². The third-order valence-electron chi connectivity index (χ3n) is 5.00. The molecule has 132 valence electrons. The zero-order valence-corrected chi connectivity index (χ0v) is 15.0. The van der Waals surface area contributed by atoms with E-state index in [1.165, 1.54) is 31.2 Å². The molecule has 0 unspecified atom stereocenters. The van der Waals surface area contributed by atoms with E-state index in [0.717, 1.165) is 42.4 Å². The van der Waals surface area contributed by atoms with Crippen molar-refractivity contribution in [3.63, 3.8) is 0 Å². The summed E-state index contributed by atoms with van der Waals surface area (Å²) in [6.45, 7) is 0. The molecule has 3 N–H and O–H groups in total. The minimum Gasteiger partial charge on any atom is -0.393 e. The van der Waals surface area contributed by atoms with Crippen molar-refractivity contribution in [3.05, 3.63) is 29.8 Å². The Bertz CT molecular complexity index is 538. The second-order valence-electron chi connectivity index (χ2n) is 7.02. The summed E-state index contributed by atoms with van der Waals surface area (Å²) in [5.74, 6) is 1.02. The molecule has 4 nitrogen and oxygen atoms in total. The van der Waals surface area contributed by atoms with Crippen LogP contribution in [0.3, 0.4) is 0 Å². The summed E-state index contributed by atoms with van der Waals surface area (Å²) in [4.78, 5) is 12.2. The van der Waals surface area contributed by atoms with Crippen molar-refractivity contribution in [2.45, 2.75) is 74.5 Å². The van der Waals surface area contributed by atoms with E-state index in [2.05, 4.69) is 22.8 Å². The number of anilines is 1. The van der Waals surface area contributed by atoms with Gasteiger partial charge in [-0.05, 0) is 56.2 Å². The molecule has 0 heterocycles. The first-order valence-electron chi connectivity index (χ1n) is 9.15. The first-order valence-corrected chi connectivity index (χ1v) is 10.2. The van der Waals surface area contributed by atoms with Crippen molar-refractivity contribution in [1.29, 1.82) is 0 Å². The molecule has 2 saturated carbocycles. The van der Waals surface area contributed by atoms with Crippen molar-refractivity contribution < 1.29 is 9.90 Å². The lowest BCUT2D eigenvalue weighted by atomic mass is 9.93. The molecule has 2 amide bonds. The third kappa shape index (κ3) is 5.42. The van der Waals surface area contributed by atoms with Crippen LogP contribution in [0.2, 0.25) is 0 Å². The van der Waals surface area contributed by atoms with Gasteiger partial charge in [0.15, 0.2) is 0 Å². The van der Waals surface area contributed by atoms with Gasteiger partial charge in [0.25, 0.3) is 0 Å². The number of thioether (sulfide) groups is 1. The molecule has 2 aliphatic rings. The van der Waals surface area contributed by atoms with Gasteiger partial charge >= 0.3 is 6.03 Å². The van der Waals surface area contributed by atoms with Gasteiger partial charge in [-0.3, -0.25) is 0 Å². The first-order chi connectivity index (χ1) is 11.7. The Balaban J connectivity index is 1.45. The summed E-state index contributed by atoms with van der Waals surface area (Å²) in [5.41, 5.74) is 2.12. The summed E-state index contributed by atoms with van der Waals surface area (Å²) in [5, 5.41) is 16.3. The Morgan fingerprint density at radius 1 is 1.12 bits per heavy atom. The van der Waals surface area contributed by atoms with E-state index in [0.29, 0.717) is 0 Å². The predicted octanol–water partition coefficient (Wildman–Crippen LogP) is 4.29. The molecule has 1 aromatic rings. The largest absolute Gasteiger partial charge is 0.393 e. The van der Waals surface area contributed by atoms with Crippen molar-refractivity contribution in [2.75, 3.05) is 5.32 Å². The monoisotopic (exact) mass is 348 g/mol. The molecule has 0 saturated heterocycles. The predicted molar refractivity (Wildman–Crippen MR) is 100 cm³/mol. The second kappa shape index (κ2) is 8.77. The molecule has 0 spiro atoms. The van der Waals surface area contributed by atoms with Gasteiger partial charge in [0.2, 0.25) is 0 Å². The van der Waals surface area contributed by atoms with Crippen LogP contribution in [0, 0.1) is 0 Å². The summed E-state index contributed by atoms with van der Waals surface area (Å²) in [6.07, 6.45) is 8.51. The van der Waals surface area contributed by atoms with E-state index in [-0.39, 0.29) is 18.2 Å². The molecule has 3 rings (SSSR count). The van der Waals surface area contributed by atoms with Crippen LogP contribution >= 0.6 is 11.8 Å². The Kier molecular flexibility index (Phi) is 6.44. The van der Waals surface area contributed by atoms with Crippen molar-refractivity contribution in [1.82, 2.24) is 5.32 Å². The average Bonchev–Trinajstić information content (AvgIpc) is 3.09. The minimum atomic E-state index is -0.194. The van der Waals surface area contributed by atoms with E-state index < -0.39 is 0 Å². The maximum Gasteiger partial charge on any atom is 0.319 e. The highest BCUT2D eigenvalue weighted by Gasteiger charge is 2.20.